The van der Waals surface area contributed by atoms with Crippen molar-refractivity contribution in [3.05, 3.63) is 175 Å². The van der Waals surface area contributed by atoms with E-state index < -0.39 is 0 Å². The molecule has 1 aromatic heterocycles. The monoisotopic (exact) mass is 619 g/mol. The molecule has 1 heterocycles. The Morgan fingerprint density at radius 3 is 1.87 bits per heavy atom. The second-order valence-corrected chi connectivity index (χ2v) is 14.0. The second kappa shape index (κ2) is 10.8. The van der Waals surface area contributed by atoms with Gasteiger partial charge in [-0.05, 0) is 81.4 Å². The zero-order chi connectivity index (χ0) is 31.5. The molecule has 1 aliphatic carbocycles. The van der Waals surface area contributed by atoms with E-state index in [2.05, 4.69) is 183 Å². The highest BCUT2D eigenvalue weighted by Gasteiger charge is 2.35. The molecule has 224 valence electrons. The summed E-state index contributed by atoms with van der Waals surface area (Å²) in [6.07, 6.45) is 0. The van der Waals surface area contributed by atoms with Gasteiger partial charge in [-0.1, -0.05) is 135 Å². The van der Waals surface area contributed by atoms with Crippen LogP contribution in [0.4, 0.5) is 17.1 Å². The smallest absolute Gasteiger partial charge is 0.0475 e. The average molecular weight is 620 g/mol. The number of nitrogens with zero attached hydrogens (tertiary/aromatic N) is 1. The maximum Gasteiger partial charge on any atom is 0.0475 e. The lowest BCUT2D eigenvalue weighted by molar-refractivity contribution is 0.660. The summed E-state index contributed by atoms with van der Waals surface area (Å²) in [7, 11) is 0. The number of para-hydroxylation sites is 1. The number of thiophene rings is 1. The van der Waals surface area contributed by atoms with Crippen LogP contribution < -0.4 is 4.90 Å². The summed E-state index contributed by atoms with van der Waals surface area (Å²) in [5, 5.41) is 2.59. The first-order chi connectivity index (χ1) is 23.1. The molecular formula is C45H33NS. The number of fused-ring (bicyclic) bond motifs is 6. The van der Waals surface area contributed by atoms with Gasteiger partial charge in [0.1, 0.15) is 0 Å². The Hall–Kier alpha value is -5.44. The number of hydrogen-bond acceptors (Lipinski definition) is 2. The van der Waals surface area contributed by atoms with Crippen molar-refractivity contribution in [3.63, 3.8) is 0 Å². The van der Waals surface area contributed by atoms with Crippen molar-refractivity contribution in [3.8, 4) is 33.4 Å². The Labute approximate surface area is 280 Å². The van der Waals surface area contributed by atoms with E-state index in [1.807, 2.05) is 11.3 Å². The van der Waals surface area contributed by atoms with E-state index in [0.717, 1.165) is 11.4 Å². The van der Waals surface area contributed by atoms with Crippen molar-refractivity contribution in [1.82, 2.24) is 0 Å². The molecule has 0 amide bonds. The van der Waals surface area contributed by atoms with Gasteiger partial charge in [0.15, 0.2) is 0 Å². The predicted molar refractivity (Wildman–Crippen MR) is 202 cm³/mol. The van der Waals surface area contributed by atoms with Gasteiger partial charge in [0.2, 0.25) is 0 Å². The van der Waals surface area contributed by atoms with Crippen molar-refractivity contribution in [2.75, 3.05) is 4.90 Å². The third kappa shape index (κ3) is 4.52. The molecule has 0 radical (unpaired) electrons. The van der Waals surface area contributed by atoms with E-state index in [4.69, 9.17) is 0 Å². The van der Waals surface area contributed by atoms with Crippen LogP contribution in [-0.4, -0.2) is 0 Å². The molecule has 0 fully saturated rings. The molecule has 1 nitrogen and oxygen atoms in total. The summed E-state index contributed by atoms with van der Waals surface area (Å²) in [5.41, 5.74) is 13.8. The Kier molecular flexibility index (Phi) is 6.41. The topological polar surface area (TPSA) is 3.24 Å². The Morgan fingerprint density at radius 2 is 1.06 bits per heavy atom. The molecular weight excluding hydrogens is 587 g/mol. The van der Waals surface area contributed by atoms with Crippen LogP contribution in [0.15, 0.2) is 164 Å². The zero-order valence-electron chi connectivity index (χ0n) is 26.4. The van der Waals surface area contributed by atoms with Gasteiger partial charge < -0.3 is 4.90 Å². The van der Waals surface area contributed by atoms with Crippen LogP contribution in [0.2, 0.25) is 0 Å². The Balaban J connectivity index is 1.27. The molecule has 0 N–H and O–H groups in total. The summed E-state index contributed by atoms with van der Waals surface area (Å²) in [6.45, 7) is 4.71. The van der Waals surface area contributed by atoms with Crippen LogP contribution in [-0.2, 0) is 5.41 Å². The Bertz CT molecular complexity index is 2420. The molecule has 0 saturated carbocycles. The number of benzene rings is 7. The average Bonchev–Trinajstić information content (AvgIpc) is 3.61. The van der Waals surface area contributed by atoms with Crippen molar-refractivity contribution in [1.29, 1.82) is 0 Å². The third-order valence-corrected chi connectivity index (χ3v) is 11.1. The van der Waals surface area contributed by atoms with Crippen molar-refractivity contribution >= 4 is 48.6 Å². The van der Waals surface area contributed by atoms with Crippen LogP contribution in [0.5, 0.6) is 0 Å². The summed E-state index contributed by atoms with van der Waals surface area (Å²) in [6, 6.07) is 60.1. The molecule has 2 heteroatoms. The lowest BCUT2D eigenvalue weighted by Gasteiger charge is -2.28. The van der Waals surface area contributed by atoms with Gasteiger partial charge in [-0.3, -0.25) is 0 Å². The molecule has 0 spiro atoms. The minimum atomic E-state index is -0.0799. The van der Waals surface area contributed by atoms with E-state index >= 15 is 0 Å². The van der Waals surface area contributed by atoms with Gasteiger partial charge >= 0.3 is 0 Å². The number of anilines is 3. The van der Waals surface area contributed by atoms with E-state index in [0.29, 0.717) is 0 Å². The van der Waals surface area contributed by atoms with Crippen LogP contribution in [0.25, 0.3) is 53.6 Å². The van der Waals surface area contributed by atoms with Crippen LogP contribution >= 0.6 is 11.3 Å². The minimum absolute atomic E-state index is 0.0799. The third-order valence-electron chi connectivity index (χ3n) is 9.86. The van der Waals surface area contributed by atoms with Gasteiger partial charge in [0.25, 0.3) is 0 Å². The fourth-order valence-electron chi connectivity index (χ4n) is 7.48. The molecule has 0 unspecified atom stereocenters. The number of rotatable bonds is 5. The van der Waals surface area contributed by atoms with E-state index in [1.165, 1.54) is 70.4 Å². The molecule has 8 aromatic rings. The lowest BCUT2D eigenvalue weighted by atomic mass is 9.82. The maximum atomic E-state index is 2.44. The standard InChI is InChI=1S/C45H33NS/c1-45(2)41-19-11-9-17-36(41)37-26-25-34(29-42(37)45)46(33-15-7-4-8-16-33)35-27-39(44-40(28-35)38-18-10-12-20-43(38)47-44)32-23-21-31(22-24-32)30-13-5-3-6-14-30/h3-29H,1-2H3. The molecule has 0 atom stereocenters. The van der Waals surface area contributed by atoms with Crippen molar-refractivity contribution in [2.45, 2.75) is 19.3 Å². The normalized spacial score (nSPS) is 13.1. The van der Waals surface area contributed by atoms with E-state index in [9.17, 15) is 0 Å². The first kappa shape index (κ1) is 27.8. The fraction of sp³-hybridized carbons (Fsp3) is 0.0667. The molecule has 1 aliphatic rings. The van der Waals surface area contributed by atoms with Gasteiger partial charge in [-0.2, -0.15) is 0 Å². The van der Waals surface area contributed by atoms with Crippen LogP contribution in [0.1, 0.15) is 25.0 Å². The highest BCUT2D eigenvalue weighted by molar-refractivity contribution is 7.26. The quantitative estimate of drug-likeness (QED) is 0.185. The fourth-order valence-corrected chi connectivity index (χ4v) is 8.70. The Morgan fingerprint density at radius 1 is 0.426 bits per heavy atom. The van der Waals surface area contributed by atoms with Crippen LogP contribution in [0.3, 0.4) is 0 Å². The lowest BCUT2D eigenvalue weighted by Crippen LogP contribution is -2.16. The largest absolute Gasteiger partial charge is 0.310 e. The first-order valence-corrected chi connectivity index (χ1v) is 17.1. The minimum Gasteiger partial charge on any atom is -0.310 e. The summed E-state index contributed by atoms with van der Waals surface area (Å²) in [4.78, 5) is 2.44. The molecule has 0 saturated heterocycles. The predicted octanol–water partition coefficient (Wildman–Crippen LogP) is 13.2. The molecule has 7 aromatic carbocycles. The number of hydrogen-bond donors (Lipinski definition) is 0. The van der Waals surface area contributed by atoms with Gasteiger partial charge in [0.05, 0.1) is 0 Å². The summed E-state index contributed by atoms with van der Waals surface area (Å²) >= 11 is 1.89. The highest BCUT2D eigenvalue weighted by atomic mass is 32.1. The van der Waals surface area contributed by atoms with Crippen LogP contribution in [0, 0.1) is 0 Å². The zero-order valence-corrected chi connectivity index (χ0v) is 27.3. The maximum absolute atomic E-state index is 2.44. The molecule has 0 aliphatic heterocycles. The van der Waals surface area contributed by atoms with Gasteiger partial charge in [-0.15, -0.1) is 11.3 Å². The first-order valence-electron chi connectivity index (χ1n) is 16.3. The molecule has 0 bridgehead atoms. The van der Waals surface area contributed by atoms with E-state index in [-0.39, 0.29) is 5.41 Å². The molecule has 47 heavy (non-hydrogen) atoms. The van der Waals surface area contributed by atoms with Crippen molar-refractivity contribution in [2.24, 2.45) is 0 Å². The van der Waals surface area contributed by atoms with E-state index in [1.54, 1.807) is 0 Å². The van der Waals surface area contributed by atoms with Gasteiger partial charge in [-0.25, -0.2) is 0 Å². The SMILES string of the molecule is CC1(C)c2ccccc2-c2ccc(N(c3ccccc3)c3cc(-c4ccc(-c5ccccc5)cc4)c4sc5ccccc5c4c3)cc21. The van der Waals surface area contributed by atoms with Crippen molar-refractivity contribution < 1.29 is 0 Å². The summed E-state index contributed by atoms with van der Waals surface area (Å²) < 4.78 is 2.63. The summed E-state index contributed by atoms with van der Waals surface area (Å²) in [5.74, 6) is 0. The second-order valence-electron chi connectivity index (χ2n) is 13.0. The highest BCUT2D eigenvalue weighted by Crippen LogP contribution is 2.51. The molecule has 9 rings (SSSR count). The van der Waals surface area contributed by atoms with Gasteiger partial charge in [0, 0.05) is 48.2 Å².